The van der Waals surface area contributed by atoms with Gasteiger partial charge in [0, 0.05) is 0 Å². The summed E-state index contributed by atoms with van der Waals surface area (Å²) < 4.78 is 0. The Balaban J connectivity index is 1.97. The molecule has 0 atom stereocenters. The van der Waals surface area contributed by atoms with Crippen LogP contribution >= 0.6 is 11.6 Å². The molecule has 0 bridgehead atoms. The SMILES string of the molecule is Nc1cc(-c2cccc(C3CCC3)c2)ccc1Cl. The van der Waals surface area contributed by atoms with Crippen molar-refractivity contribution in [2.24, 2.45) is 0 Å². The van der Waals surface area contributed by atoms with Gasteiger partial charge in [-0.1, -0.05) is 48.4 Å². The van der Waals surface area contributed by atoms with Gasteiger partial charge in [-0.25, -0.2) is 0 Å². The van der Waals surface area contributed by atoms with Crippen LogP contribution in [0.2, 0.25) is 5.02 Å². The van der Waals surface area contributed by atoms with E-state index in [2.05, 4.69) is 24.3 Å². The molecule has 92 valence electrons. The van der Waals surface area contributed by atoms with Gasteiger partial charge in [-0.05, 0) is 47.6 Å². The zero-order chi connectivity index (χ0) is 12.5. The molecule has 2 N–H and O–H groups in total. The third-order valence-corrected chi connectivity index (χ3v) is 4.14. The smallest absolute Gasteiger partial charge is 0.0635 e. The van der Waals surface area contributed by atoms with Gasteiger partial charge in [-0.2, -0.15) is 0 Å². The van der Waals surface area contributed by atoms with Gasteiger partial charge in [-0.3, -0.25) is 0 Å². The summed E-state index contributed by atoms with van der Waals surface area (Å²) in [6, 6.07) is 14.6. The van der Waals surface area contributed by atoms with Crippen LogP contribution in [0.15, 0.2) is 42.5 Å². The van der Waals surface area contributed by atoms with Crippen molar-refractivity contribution < 1.29 is 0 Å². The van der Waals surface area contributed by atoms with Crippen molar-refractivity contribution in [3.63, 3.8) is 0 Å². The maximum absolute atomic E-state index is 5.96. The van der Waals surface area contributed by atoms with E-state index in [4.69, 9.17) is 17.3 Å². The fourth-order valence-corrected chi connectivity index (χ4v) is 2.55. The Bertz CT molecular complexity index is 573. The van der Waals surface area contributed by atoms with Crippen LogP contribution in [0, 0.1) is 0 Å². The van der Waals surface area contributed by atoms with E-state index in [1.165, 1.54) is 30.4 Å². The number of nitrogen functional groups attached to an aromatic ring is 1. The lowest BCUT2D eigenvalue weighted by atomic mass is 9.79. The summed E-state index contributed by atoms with van der Waals surface area (Å²) in [5, 5.41) is 0.619. The number of hydrogen-bond donors (Lipinski definition) is 1. The summed E-state index contributed by atoms with van der Waals surface area (Å²) >= 11 is 5.96. The third kappa shape index (κ3) is 2.11. The van der Waals surface area contributed by atoms with Crippen LogP contribution in [0.1, 0.15) is 30.7 Å². The zero-order valence-corrected chi connectivity index (χ0v) is 11.0. The van der Waals surface area contributed by atoms with Gasteiger partial charge in [0.1, 0.15) is 0 Å². The van der Waals surface area contributed by atoms with E-state index in [1.807, 2.05) is 18.2 Å². The summed E-state index contributed by atoms with van der Waals surface area (Å²) in [7, 11) is 0. The van der Waals surface area contributed by atoms with Crippen molar-refractivity contribution in [1.29, 1.82) is 0 Å². The monoisotopic (exact) mass is 257 g/mol. The topological polar surface area (TPSA) is 26.0 Å². The molecular formula is C16H16ClN. The van der Waals surface area contributed by atoms with Gasteiger partial charge in [0.2, 0.25) is 0 Å². The first kappa shape index (κ1) is 11.6. The molecule has 0 amide bonds. The van der Waals surface area contributed by atoms with Gasteiger partial charge >= 0.3 is 0 Å². The van der Waals surface area contributed by atoms with Crippen molar-refractivity contribution in [3.05, 3.63) is 53.1 Å². The number of rotatable bonds is 2. The summed E-state index contributed by atoms with van der Waals surface area (Å²) in [6.45, 7) is 0. The average molecular weight is 258 g/mol. The first-order chi connectivity index (χ1) is 8.74. The van der Waals surface area contributed by atoms with Crippen LogP contribution in [-0.4, -0.2) is 0 Å². The second-order valence-corrected chi connectivity index (χ2v) is 5.40. The molecule has 1 fully saturated rings. The van der Waals surface area contributed by atoms with Gasteiger partial charge in [-0.15, -0.1) is 0 Å². The standard InChI is InChI=1S/C16H16ClN/c17-15-8-7-14(10-16(15)18)13-6-2-5-12(9-13)11-3-1-4-11/h2,5-11H,1,3-4,18H2. The van der Waals surface area contributed by atoms with E-state index >= 15 is 0 Å². The third-order valence-electron chi connectivity index (χ3n) is 3.79. The fraction of sp³-hybridized carbons (Fsp3) is 0.250. The van der Waals surface area contributed by atoms with E-state index in [0.29, 0.717) is 10.7 Å². The first-order valence-electron chi connectivity index (χ1n) is 6.39. The van der Waals surface area contributed by atoms with Crippen molar-refractivity contribution in [1.82, 2.24) is 0 Å². The molecule has 2 aromatic carbocycles. The molecule has 0 aromatic heterocycles. The largest absolute Gasteiger partial charge is 0.398 e. The predicted molar refractivity (Wildman–Crippen MR) is 77.9 cm³/mol. The van der Waals surface area contributed by atoms with Crippen molar-refractivity contribution >= 4 is 17.3 Å². The van der Waals surface area contributed by atoms with Crippen LogP contribution in [-0.2, 0) is 0 Å². The Morgan fingerprint density at radius 1 is 1.00 bits per heavy atom. The number of nitrogens with two attached hydrogens (primary N) is 1. The van der Waals surface area contributed by atoms with Crippen LogP contribution in [0.4, 0.5) is 5.69 Å². The van der Waals surface area contributed by atoms with Crippen LogP contribution in [0.25, 0.3) is 11.1 Å². The van der Waals surface area contributed by atoms with E-state index in [-0.39, 0.29) is 0 Å². The molecule has 18 heavy (non-hydrogen) atoms. The molecule has 0 heterocycles. The Hall–Kier alpha value is -1.47. The summed E-state index contributed by atoms with van der Waals surface area (Å²) in [5.74, 6) is 0.759. The van der Waals surface area contributed by atoms with Gasteiger partial charge in [0.05, 0.1) is 10.7 Å². The highest BCUT2D eigenvalue weighted by atomic mass is 35.5. The molecule has 0 unspecified atom stereocenters. The summed E-state index contributed by atoms with van der Waals surface area (Å²) in [4.78, 5) is 0. The normalized spacial score (nSPS) is 15.4. The molecule has 3 rings (SSSR count). The maximum Gasteiger partial charge on any atom is 0.0635 e. The van der Waals surface area contributed by atoms with E-state index < -0.39 is 0 Å². The highest BCUT2D eigenvalue weighted by Crippen LogP contribution is 2.38. The number of benzene rings is 2. The number of hydrogen-bond acceptors (Lipinski definition) is 1. The second-order valence-electron chi connectivity index (χ2n) is 4.99. The quantitative estimate of drug-likeness (QED) is 0.764. The Kier molecular flexibility index (Phi) is 3.00. The average Bonchev–Trinajstić information content (AvgIpc) is 2.31. The van der Waals surface area contributed by atoms with Crippen molar-refractivity contribution in [2.75, 3.05) is 5.73 Å². The van der Waals surface area contributed by atoms with Crippen LogP contribution in [0.5, 0.6) is 0 Å². The van der Waals surface area contributed by atoms with Crippen molar-refractivity contribution in [3.8, 4) is 11.1 Å². The first-order valence-corrected chi connectivity index (χ1v) is 6.77. The summed E-state index contributed by atoms with van der Waals surface area (Å²) in [5.41, 5.74) is 10.3. The number of anilines is 1. The minimum Gasteiger partial charge on any atom is -0.398 e. The Labute approximate surface area is 113 Å². The molecule has 0 aliphatic heterocycles. The molecule has 2 aromatic rings. The Morgan fingerprint density at radius 2 is 1.78 bits per heavy atom. The Morgan fingerprint density at radius 3 is 2.44 bits per heavy atom. The molecule has 0 spiro atoms. The molecule has 1 aliphatic rings. The molecule has 1 aliphatic carbocycles. The predicted octanol–water partition coefficient (Wildman–Crippen LogP) is 4.86. The minimum absolute atomic E-state index is 0.619. The second kappa shape index (κ2) is 4.66. The molecule has 0 radical (unpaired) electrons. The molecule has 1 nitrogen and oxygen atoms in total. The van der Waals surface area contributed by atoms with Gasteiger partial charge in [0.25, 0.3) is 0 Å². The van der Waals surface area contributed by atoms with Gasteiger partial charge in [0.15, 0.2) is 0 Å². The minimum atomic E-state index is 0.619. The summed E-state index contributed by atoms with van der Waals surface area (Å²) in [6.07, 6.45) is 4.02. The molecule has 2 heteroatoms. The lowest BCUT2D eigenvalue weighted by molar-refractivity contribution is 0.420. The van der Waals surface area contributed by atoms with Crippen LogP contribution in [0.3, 0.4) is 0 Å². The number of halogens is 1. The highest BCUT2D eigenvalue weighted by molar-refractivity contribution is 6.33. The molecular weight excluding hydrogens is 242 g/mol. The van der Waals surface area contributed by atoms with E-state index in [9.17, 15) is 0 Å². The molecule has 0 saturated heterocycles. The van der Waals surface area contributed by atoms with Crippen molar-refractivity contribution in [2.45, 2.75) is 25.2 Å². The van der Waals surface area contributed by atoms with E-state index in [0.717, 1.165) is 11.5 Å². The molecule has 1 saturated carbocycles. The van der Waals surface area contributed by atoms with E-state index in [1.54, 1.807) is 0 Å². The highest BCUT2D eigenvalue weighted by Gasteiger charge is 2.19. The zero-order valence-electron chi connectivity index (χ0n) is 10.2. The van der Waals surface area contributed by atoms with Gasteiger partial charge < -0.3 is 5.73 Å². The van der Waals surface area contributed by atoms with Crippen LogP contribution < -0.4 is 5.73 Å². The lowest BCUT2D eigenvalue weighted by Crippen LogP contribution is -2.08. The fourth-order valence-electron chi connectivity index (χ4n) is 2.44. The lowest BCUT2D eigenvalue weighted by Gasteiger charge is -2.26. The maximum atomic E-state index is 5.96.